The second-order valence-electron chi connectivity index (χ2n) is 5.77. The summed E-state index contributed by atoms with van der Waals surface area (Å²) in [6.07, 6.45) is 0.998. The summed E-state index contributed by atoms with van der Waals surface area (Å²) in [5.74, 6) is 0.486. The molecule has 2 N–H and O–H groups in total. The number of rotatable bonds is 4. The fourth-order valence-corrected chi connectivity index (χ4v) is 2.05. The van der Waals surface area contributed by atoms with E-state index in [2.05, 4.69) is 31.0 Å². The molecule has 0 aromatic rings. The quantitative estimate of drug-likeness (QED) is 0.735. The molecule has 1 aliphatic heterocycles. The van der Waals surface area contributed by atoms with E-state index in [1.165, 1.54) is 0 Å². The zero-order valence-corrected chi connectivity index (χ0v) is 10.6. The lowest BCUT2D eigenvalue weighted by Gasteiger charge is -2.23. The van der Waals surface area contributed by atoms with Gasteiger partial charge in [-0.05, 0) is 46.6 Å². The number of hydrogen-bond acceptors (Lipinski definition) is 3. The van der Waals surface area contributed by atoms with Crippen LogP contribution < -0.4 is 5.32 Å². The first kappa shape index (κ1) is 12.9. The minimum Gasteiger partial charge on any atom is -0.393 e. The van der Waals surface area contributed by atoms with Gasteiger partial charge in [0, 0.05) is 25.2 Å². The fourth-order valence-electron chi connectivity index (χ4n) is 2.05. The predicted molar refractivity (Wildman–Crippen MR) is 64.0 cm³/mol. The normalized spacial score (nSPS) is 25.8. The monoisotopic (exact) mass is 214 g/mol. The Morgan fingerprint density at radius 2 is 2.13 bits per heavy atom. The number of aliphatic hydroxyl groups is 1. The largest absolute Gasteiger partial charge is 0.393 e. The van der Waals surface area contributed by atoms with Crippen LogP contribution in [0.4, 0.5) is 0 Å². The van der Waals surface area contributed by atoms with Crippen LogP contribution in [-0.2, 0) is 0 Å². The van der Waals surface area contributed by atoms with E-state index in [1.807, 2.05) is 6.92 Å². The molecule has 0 aromatic carbocycles. The number of hydrogen-bond donors (Lipinski definition) is 2. The van der Waals surface area contributed by atoms with Crippen molar-refractivity contribution in [2.75, 3.05) is 26.2 Å². The van der Waals surface area contributed by atoms with E-state index in [-0.39, 0.29) is 11.6 Å². The summed E-state index contributed by atoms with van der Waals surface area (Å²) >= 11 is 0. The van der Waals surface area contributed by atoms with Crippen molar-refractivity contribution in [1.82, 2.24) is 10.2 Å². The first-order valence-corrected chi connectivity index (χ1v) is 6.04. The minimum absolute atomic E-state index is 0.148. The molecular weight excluding hydrogens is 188 g/mol. The molecule has 90 valence electrons. The second kappa shape index (κ2) is 5.28. The second-order valence-corrected chi connectivity index (χ2v) is 5.77. The Morgan fingerprint density at radius 1 is 1.47 bits per heavy atom. The third kappa shape index (κ3) is 4.96. The summed E-state index contributed by atoms with van der Waals surface area (Å²) < 4.78 is 0. The van der Waals surface area contributed by atoms with Gasteiger partial charge in [-0.3, -0.25) is 0 Å². The van der Waals surface area contributed by atoms with Crippen molar-refractivity contribution < 1.29 is 5.11 Å². The third-order valence-corrected chi connectivity index (χ3v) is 3.07. The Hall–Kier alpha value is -0.120. The fraction of sp³-hybridized carbons (Fsp3) is 1.00. The minimum atomic E-state index is -0.148. The smallest absolute Gasteiger partial charge is 0.0552 e. The van der Waals surface area contributed by atoms with Crippen LogP contribution in [0, 0.1) is 5.92 Å². The van der Waals surface area contributed by atoms with E-state index in [4.69, 9.17) is 0 Å². The van der Waals surface area contributed by atoms with Crippen LogP contribution in [0.2, 0.25) is 0 Å². The highest BCUT2D eigenvalue weighted by Gasteiger charge is 2.25. The molecule has 1 aliphatic rings. The van der Waals surface area contributed by atoms with Crippen LogP contribution in [0.3, 0.4) is 0 Å². The molecule has 1 heterocycles. The van der Waals surface area contributed by atoms with Gasteiger partial charge >= 0.3 is 0 Å². The molecule has 15 heavy (non-hydrogen) atoms. The number of aliphatic hydroxyl groups excluding tert-OH is 1. The van der Waals surface area contributed by atoms with E-state index >= 15 is 0 Å². The Kier molecular flexibility index (Phi) is 4.56. The van der Waals surface area contributed by atoms with E-state index in [0.717, 1.165) is 32.6 Å². The van der Waals surface area contributed by atoms with Crippen LogP contribution in [0.25, 0.3) is 0 Å². The highest BCUT2D eigenvalue weighted by molar-refractivity contribution is 4.80. The van der Waals surface area contributed by atoms with Crippen LogP contribution in [0.15, 0.2) is 0 Å². The maximum absolute atomic E-state index is 9.48. The summed E-state index contributed by atoms with van der Waals surface area (Å²) in [5, 5.41) is 13.0. The zero-order valence-electron chi connectivity index (χ0n) is 10.6. The standard InChI is InChI=1S/C12H26N2O/c1-10(15)11-5-7-14(9-11)8-6-13-12(2,3)4/h10-11,13,15H,5-9H2,1-4H3. The van der Waals surface area contributed by atoms with Gasteiger partial charge in [-0.1, -0.05) is 0 Å². The van der Waals surface area contributed by atoms with E-state index in [0.29, 0.717) is 5.92 Å². The highest BCUT2D eigenvalue weighted by Crippen LogP contribution is 2.18. The Morgan fingerprint density at radius 3 is 2.60 bits per heavy atom. The molecule has 0 aromatic heterocycles. The first-order chi connectivity index (χ1) is 6.88. The summed E-state index contributed by atoms with van der Waals surface area (Å²) in [4.78, 5) is 2.44. The van der Waals surface area contributed by atoms with E-state index in [1.54, 1.807) is 0 Å². The van der Waals surface area contributed by atoms with Gasteiger partial charge < -0.3 is 15.3 Å². The van der Waals surface area contributed by atoms with Crippen molar-refractivity contribution in [3.05, 3.63) is 0 Å². The number of nitrogens with one attached hydrogen (secondary N) is 1. The molecule has 1 rings (SSSR count). The third-order valence-electron chi connectivity index (χ3n) is 3.07. The summed E-state index contributed by atoms with van der Waals surface area (Å²) in [6, 6.07) is 0. The van der Waals surface area contributed by atoms with Crippen LogP contribution in [-0.4, -0.2) is 47.8 Å². The lowest BCUT2D eigenvalue weighted by Crippen LogP contribution is -2.41. The van der Waals surface area contributed by atoms with Crippen molar-refractivity contribution in [1.29, 1.82) is 0 Å². The maximum Gasteiger partial charge on any atom is 0.0552 e. The Balaban J connectivity index is 2.14. The number of nitrogens with zero attached hydrogens (tertiary/aromatic N) is 1. The van der Waals surface area contributed by atoms with Gasteiger partial charge in [-0.2, -0.15) is 0 Å². The summed E-state index contributed by atoms with van der Waals surface area (Å²) in [6.45, 7) is 12.8. The molecule has 0 amide bonds. The predicted octanol–water partition coefficient (Wildman–Crippen LogP) is 1.08. The zero-order chi connectivity index (χ0) is 11.5. The molecule has 0 radical (unpaired) electrons. The maximum atomic E-state index is 9.48. The average Bonchev–Trinajstić information content (AvgIpc) is 2.50. The molecule has 0 spiro atoms. The molecule has 1 saturated heterocycles. The molecule has 0 aliphatic carbocycles. The SMILES string of the molecule is CC(O)C1CCN(CCNC(C)(C)C)C1. The van der Waals surface area contributed by atoms with Gasteiger partial charge in [0.1, 0.15) is 0 Å². The Labute approximate surface area is 93.9 Å². The molecule has 2 unspecified atom stereocenters. The molecule has 0 saturated carbocycles. The molecule has 1 fully saturated rings. The van der Waals surface area contributed by atoms with Crippen LogP contribution in [0.1, 0.15) is 34.1 Å². The van der Waals surface area contributed by atoms with Crippen LogP contribution >= 0.6 is 0 Å². The number of likely N-dealkylation sites (tertiary alicyclic amines) is 1. The van der Waals surface area contributed by atoms with Crippen molar-refractivity contribution >= 4 is 0 Å². The molecule has 2 atom stereocenters. The highest BCUT2D eigenvalue weighted by atomic mass is 16.3. The topological polar surface area (TPSA) is 35.5 Å². The van der Waals surface area contributed by atoms with Crippen molar-refractivity contribution in [2.24, 2.45) is 5.92 Å². The molecular formula is C12H26N2O. The average molecular weight is 214 g/mol. The van der Waals surface area contributed by atoms with Gasteiger partial charge in [-0.15, -0.1) is 0 Å². The lowest BCUT2D eigenvalue weighted by atomic mass is 10.0. The Bertz CT molecular complexity index is 187. The van der Waals surface area contributed by atoms with Gasteiger partial charge in [0.05, 0.1) is 6.10 Å². The molecule has 3 nitrogen and oxygen atoms in total. The van der Waals surface area contributed by atoms with Gasteiger partial charge in [-0.25, -0.2) is 0 Å². The van der Waals surface area contributed by atoms with Gasteiger partial charge in [0.2, 0.25) is 0 Å². The summed E-state index contributed by atoms with van der Waals surface area (Å²) in [7, 11) is 0. The van der Waals surface area contributed by atoms with Crippen molar-refractivity contribution in [2.45, 2.75) is 45.8 Å². The summed E-state index contributed by atoms with van der Waals surface area (Å²) in [5.41, 5.74) is 0.212. The van der Waals surface area contributed by atoms with Gasteiger partial charge in [0.25, 0.3) is 0 Å². The van der Waals surface area contributed by atoms with Crippen molar-refractivity contribution in [3.8, 4) is 0 Å². The van der Waals surface area contributed by atoms with Crippen LogP contribution in [0.5, 0.6) is 0 Å². The van der Waals surface area contributed by atoms with E-state index < -0.39 is 0 Å². The van der Waals surface area contributed by atoms with E-state index in [9.17, 15) is 5.11 Å². The van der Waals surface area contributed by atoms with Crippen molar-refractivity contribution in [3.63, 3.8) is 0 Å². The molecule has 3 heteroatoms. The first-order valence-electron chi connectivity index (χ1n) is 6.04. The lowest BCUT2D eigenvalue weighted by molar-refractivity contribution is 0.127. The molecule has 0 bridgehead atoms. The van der Waals surface area contributed by atoms with Gasteiger partial charge in [0.15, 0.2) is 0 Å².